The van der Waals surface area contributed by atoms with Gasteiger partial charge in [-0.2, -0.15) is 8.42 Å². The molecule has 1 saturated carbocycles. The number of rotatable bonds is 8. The summed E-state index contributed by atoms with van der Waals surface area (Å²) in [5, 5.41) is 3.38. The number of unbranched alkanes of at least 4 members (excludes halogenated alkanes) is 2. The average molecular weight is 424 g/mol. The minimum Gasteiger partial charge on any atom is -0.365 e. The molecule has 0 spiro atoms. The van der Waals surface area contributed by atoms with Crippen LogP contribution in [0, 0.1) is 6.92 Å². The average Bonchev–Trinajstić information content (AvgIpc) is 3.45. The molecular formula is C20H29N3O3S2. The number of carbonyl (C=O) groups excluding carboxylic acids is 1. The van der Waals surface area contributed by atoms with E-state index in [0.29, 0.717) is 10.8 Å². The summed E-state index contributed by atoms with van der Waals surface area (Å²) >= 11 is 5.45. The molecule has 0 bridgehead atoms. The van der Waals surface area contributed by atoms with Gasteiger partial charge < -0.3 is 5.32 Å². The molecule has 1 amide bonds. The van der Waals surface area contributed by atoms with Crippen LogP contribution >= 0.6 is 12.2 Å². The highest BCUT2D eigenvalue weighted by atomic mass is 32.2. The van der Waals surface area contributed by atoms with Gasteiger partial charge in [0, 0.05) is 13.1 Å². The highest BCUT2D eigenvalue weighted by molar-refractivity contribution is 7.80. The number of hydrogen-bond acceptors (Lipinski definition) is 5. The van der Waals surface area contributed by atoms with Gasteiger partial charge in [-0.15, -0.1) is 4.36 Å². The highest BCUT2D eigenvalue weighted by Crippen LogP contribution is 2.51. The Morgan fingerprint density at radius 2 is 2.04 bits per heavy atom. The predicted molar refractivity (Wildman–Crippen MR) is 115 cm³/mol. The number of nitrogens with one attached hydrogen (secondary N) is 1. The Kier molecular flexibility index (Phi) is 7.71. The van der Waals surface area contributed by atoms with Gasteiger partial charge in [0.05, 0.1) is 11.1 Å². The van der Waals surface area contributed by atoms with Crippen molar-refractivity contribution in [1.82, 2.24) is 10.2 Å². The molecule has 0 radical (unpaired) electrons. The number of amides is 1. The van der Waals surface area contributed by atoms with E-state index in [1.165, 1.54) is 0 Å². The Morgan fingerprint density at radius 1 is 1.36 bits per heavy atom. The quantitative estimate of drug-likeness (QED) is 0.505. The Balaban J connectivity index is 2.36. The fourth-order valence-corrected chi connectivity index (χ4v) is 4.12. The second-order valence-electron chi connectivity index (χ2n) is 7.47. The van der Waals surface area contributed by atoms with Crippen molar-refractivity contribution in [3.63, 3.8) is 0 Å². The topological polar surface area (TPSA) is 78.8 Å². The molecule has 2 rings (SSSR count). The first-order chi connectivity index (χ1) is 13.3. The van der Waals surface area contributed by atoms with Crippen LogP contribution in [-0.4, -0.2) is 37.4 Å². The van der Waals surface area contributed by atoms with E-state index in [0.717, 1.165) is 49.7 Å². The third-order valence-corrected chi connectivity index (χ3v) is 6.16. The van der Waals surface area contributed by atoms with Crippen LogP contribution in [0.1, 0.15) is 63.5 Å². The van der Waals surface area contributed by atoms with Crippen LogP contribution in [0.2, 0.25) is 0 Å². The summed E-state index contributed by atoms with van der Waals surface area (Å²) in [5.74, 6) is -0.0195. The number of carbonyl (C=O) groups is 1. The van der Waals surface area contributed by atoms with Crippen molar-refractivity contribution in [2.75, 3.05) is 7.05 Å². The summed E-state index contributed by atoms with van der Waals surface area (Å²) in [6, 6.07) is 5.44. The lowest BCUT2D eigenvalue weighted by Gasteiger charge is -2.33. The lowest BCUT2D eigenvalue weighted by molar-refractivity contribution is -0.131. The van der Waals surface area contributed by atoms with E-state index in [1.54, 1.807) is 24.9 Å². The molecule has 1 aliphatic carbocycles. The Bertz CT molecular complexity index is 869. The number of hydrogen-bond donors (Lipinski definition) is 1. The molecule has 0 saturated heterocycles. The van der Waals surface area contributed by atoms with Crippen LogP contribution in [-0.2, 0) is 20.7 Å². The molecule has 1 N–H and O–H groups in total. The predicted octanol–water partition coefficient (Wildman–Crippen LogP) is 4.02. The SMILES string of the molecule is CCCCCC(C)N(C(=O)C1(c2ccc(C)c(N=S(=O)=O)c2)CC1)C(=S)NC. The molecule has 6 nitrogen and oxygen atoms in total. The minimum atomic E-state index is -2.53. The van der Waals surface area contributed by atoms with Crippen molar-refractivity contribution in [3.05, 3.63) is 29.3 Å². The van der Waals surface area contributed by atoms with Gasteiger partial charge in [0.25, 0.3) is 0 Å². The Morgan fingerprint density at radius 3 is 2.57 bits per heavy atom. The number of thiocarbonyl (C=S) groups is 1. The summed E-state index contributed by atoms with van der Waals surface area (Å²) in [6.07, 6.45) is 5.63. The fourth-order valence-electron chi connectivity index (χ4n) is 3.50. The maximum absolute atomic E-state index is 13.6. The zero-order chi connectivity index (χ0) is 20.9. The summed E-state index contributed by atoms with van der Waals surface area (Å²) in [4.78, 5) is 15.3. The normalized spacial score (nSPS) is 15.4. The third-order valence-electron chi connectivity index (χ3n) is 5.41. The van der Waals surface area contributed by atoms with Crippen molar-refractivity contribution < 1.29 is 13.2 Å². The molecule has 1 aromatic rings. The second-order valence-corrected chi connectivity index (χ2v) is 8.47. The molecule has 1 unspecified atom stereocenters. The molecule has 1 atom stereocenters. The van der Waals surface area contributed by atoms with E-state index in [-0.39, 0.29) is 11.9 Å². The van der Waals surface area contributed by atoms with E-state index in [2.05, 4.69) is 16.6 Å². The van der Waals surface area contributed by atoms with E-state index in [4.69, 9.17) is 12.2 Å². The molecule has 1 aromatic carbocycles. The lowest BCUT2D eigenvalue weighted by atomic mass is 9.92. The Labute approximate surface area is 174 Å². The van der Waals surface area contributed by atoms with E-state index >= 15 is 0 Å². The monoisotopic (exact) mass is 423 g/mol. The van der Waals surface area contributed by atoms with E-state index in [1.807, 2.05) is 19.1 Å². The van der Waals surface area contributed by atoms with Crippen molar-refractivity contribution in [1.29, 1.82) is 0 Å². The van der Waals surface area contributed by atoms with Gasteiger partial charge in [-0.3, -0.25) is 9.69 Å². The smallest absolute Gasteiger partial charge is 0.316 e. The summed E-state index contributed by atoms with van der Waals surface area (Å²) in [6.45, 7) is 5.98. The molecule has 0 heterocycles. The summed E-state index contributed by atoms with van der Waals surface area (Å²) in [7, 11) is -0.803. The highest BCUT2D eigenvalue weighted by Gasteiger charge is 2.54. The lowest BCUT2D eigenvalue weighted by Crippen LogP contribution is -2.51. The molecule has 8 heteroatoms. The van der Waals surface area contributed by atoms with Crippen molar-refractivity contribution in [3.8, 4) is 0 Å². The van der Waals surface area contributed by atoms with Crippen LogP contribution in [0.5, 0.6) is 0 Å². The van der Waals surface area contributed by atoms with Gasteiger partial charge in [-0.25, -0.2) is 0 Å². The fraction of sp³-hybridized carbons (Fsp3) is 0.600. The van der Waals surface area contributed by atoms with E-state index < -0.39 is 15.9 Å². The standard InChI is InChI=1S/C20H29N3O3S2/c1-5-6-7-8-15(3)23(19(27)21-4)18(24)20(11-12-20)16-10-9-14(2)17(13-16)22-28(25)26/h9-10,13,15H,5-8,11-12H2,1-4H3,(H,21,27). The van der Waals surface area contributed by atoms with Crippen LogP contribution in [0.25, 0.3) is 0 Å². The van der Waals surface area contributed by atoms with Crippen LogP contribution in [0.4, 0.5) is 5.69 Å². The van der Waals surface area contributed by atoms with E-state index in [9.17, 15) is 13.2 Å². The van der Waals surface area contributed by atoms with Gasteiger partial charge in [-0.1, -0.05) is 38.3 Å². The van der Waals surface area contributed by atoms with Crippen molar-refractivity contribution in [2.45, 2.75) is 70.8 Å². The van der Waals surface area contributed by atoms with Crippen LogP contribution in [0.3, 0.4) is 0 Å². The molecule has 1 fully saturated rings. The van der Waals surface area contributed by atoms with Gasteiger partial charge in [0.15, 0.2) is 5.11 Å². The number of nitrogens with zero attached hydrogens (tertiary/aromatic N) is 2. The van der Waals surface area contributed by atoms with Crippen LogP contribution < -0.4 is 5.32 Å². The zero-order valence-electron chi connectivity index (χ0n) is 17.0. The van der Waals surface area contributed by atoms with Crippen LogP contribution in [0.15, 0.2) is 22.6 Å². The summed E-state index contributed by atoms with van der Waals surface area (Å²) < 4.78 is 25.7. The van der Waals surface area contributed by atoms with Crippen molar-refractivity contribution >= 4 is 39.4 Å². The molecular weight excluding hydrogens is 394 g/mol. The first kappa shape index (κ1) is 22.5. The van der Waals surface area contributed by atoms with Gasteiger partial charge in [-0.05, 0) is 62.5 Å². The van der Waals surface area contributed by atoms with Crippen molar-refractivity contribution in [2.24, 2.45) is 4.36 Å². The maximum atomic E-state index is 13.6. The molecule has 1 aliphatic rings. The van der Waals surface area contributed by atoms with Gasteiger partial charge in [0.1, 0.15) is 0 Å². The second kappa shape index (κ2) is 9.60. The molecule has 28 heavy (non-hydrogen) atoms. The molecule has 154 valence electrons. The first-order valence-corrected chi connectivity index (χ1v) is 11.2. The van der Waals surface area contributed by atoms with Gasteiger partial charge >= 0.3 is 10.5 Å². The minimum absolute atomic E-state index is 0.000210. The third kappa shape index (κ3) is 4.97. The molecule has 0 aliphatic heterocycles. The number of benzene rings is 1. The number of aryl methyl sites for hydroxylation is 1. The zero-order valence-corrected chi connectivity index (χ0v) is 18.6. The maximum Gasteiger partial charge on any atom is 0.316 e. The summed E-state index contributed by atoms with van der Waals surface area (Å²) in [5.41, 5.74) is 1.29. The Hall–Kier alpha value is -1.80. The largest absolute Gasteiger partial charge is 0.365 e. The first-order valence-electron chi connectivity index (χ1n) is 9.74. The molecule has 0 aromatic heterocycles. The van der Waals surface area contributed by atoms with Gasteiger partial charge in [0.2, 0.25) is 5.91 Å².